The molecule has 5 nitrogen and oxygen atoms in total. The molecular weight excluding hydrogens is 423 g/mol. The fourth-order valence-corrected chi connectivity index (χ4v) is 4.33. The second kappa shape index (κ2) is 11.8. The molecule has 0 aromatic rings. The standard InChI is InChI=1S/C16H32N4OS.HI/c1-13(2)15(20-6-8-21-9-7-20)12-19-16(17-3)18-11-14-5-4-10-22-14;/h13-15H,4-12H2,1-3H3,(H2,17,18,19);1H. The minimum Gasteiger partial charge on any atom is -0.379 e. The highest BCUT2D eigenvalue weighted by molar-refractivity contribution is 14.0. The van der Waals surface area contributed by atoms with Gasteiger partial charge in [0.15, 0.2) is 5.96 Å². The van der Waals surface area contributed by atoms with Crippen LogP contribution in [0.4, 0.5) is 0 Å². The average Bonchev–Trinajstić information content (AvgIpc) is 3.04. The van der Waals surface area contributed by atoms with Gasteiger partial charge in [-0.15, -0.1) is 24.0 Å². The summed E-state index contributed by atoms with van der Waals surface area (Å²) in [5, 5.41) is 7.75. The molecule has 0 aliphatic carbocycles. The first kappa shape index (κ1) is 21.3. The van der Waals surface area contributed by atoms with E-state index in [-0.39, 0.29) is 24.0 Å². The molecule has 2 saturated heterocycles. The van der Waals surface area contributed by atoms with Crippen LogP contribution in [0, 0.1) is 5.92 Å². The zero-order chi connectivity index (χ0) is 15.8. The number of rotatable bonds is 6. The summed E-state index contributed by atoms with van der Waals surface area (Å²) in [6.45, 7) is 10.3. The summed E-state index contributed by atoms with van der Waals surface area (Å²) in [4.78, 5) is 6.91. The molecule has 2 N–H and O–H groups in total. The predicted octanol–water partition coefficient (Wildman–Crippen LogP) is 2.02. The number of hydrogen-bond acceptors (Lipinski definition) is 4. The molecule has 0 amide bonds. The summed E-state index contributed by atoms with van der Waals surface area (Å²) in [5.74, 6) is 2.87. The van der Waals surface area contributed by atoms with Gasteiger partial charge in [-0.2, -0.15) is 11.8 Å². The van der Waals surface area contributed by atoms with Crippen molar-refractivity contribution in [2.24, 2.45) is 10.9 Å². The van der Waals surface area contributed by atoms with E-state index in [0.717, 1.165) is 50.6 Å². The van der Waals surface area contributed by atoms with Crippen LogP contribution in [0.3, 0.4) is 0 Å². The Hall–Kier alpha value is 0.270. The van der Waals surface area contributed by atoms with Gasteiger partial charge in [0, 0.05) is 44.5 Å². The maximum atomic E-state index is 5.47. The van der Waals surface area contributed by atoms with Crippen LogP contribution in [0.1, 0.15) is 26.7 Å². The fraction of sp³-hybridized carbons (Fsp3) is 0.938. The van der Waals surface area contributed by atoms with E-state index in [0.29, 0.717) is 12.0 Å². The number of thioether (sulfide) groups is 1. The highest BCUT2D eigenvalue weighted by Gasteiger charge is 2.24. The Morgan fingerprint density at radius 2 is 2.04 bits per heavy atom. The summed E-state index contributed by atoms with van der Waals surface area (Å²) in [6.07, 6.45) is 2.69. The van der Waals surface area contributed by atoms with Gasteiger partial charge in [0.25, 0.3) is 0 Å². The molecule has 136 valence electrons. The van der Waals surface area contributed by atoms with Crippen molar-refractivity contribution in [1.29, 1.82) is 0 Å². The molecular formula is C16H33IN4OS. The number of hydrogen-bond donors (Lipinski definition) is 2. The Morgan fingerprint density at radius 3 is 2.61 bits per heavy atom. The van der Waals surface area contributed by atoms with E-state index in [4.69, 9.17) is 4.74 Å². The second-order valence-corrected chi connectivity index (χ2v) is 7.84. The summed E-state index contributed by atoms with van der Waals surface area (Å²) in [5.41, 5.74) is 0. The zero-order valence-corrected chi connectivity index (χ0v) is 17.9. The largest absolute Gasteiger partial charge is 0.379 e. The number of nitrogens with one attached hydrogen (secondary N) is 2. The monoisotopic (exact) mass is 456 g/mol. The highest BCUT2D eigenvalue weighted by Crippen LogP contribution is 2.25. The van der Waals surface area contributed by atoms with Crippen LogP contribution in [0.25, 0.3) is 0 Å². The van der Waals surface area contributed by atoms with E-state index >= 15 is 0 Å². The summed E-state index contributed by atoms with van der Waals surface area (Å²) >= 11 is 2.08. The van der Waals surface area contributed by atoms with Crippen molar-refractivity contribution in [3.63, 3.8) is 0 Å². The molecule has 0 radical (unpaired) electrons. The second-order valence-electron chi connectivity index (χ2n) is 6.43. The first-order valence-electron chi connectivity index (χ1n) is 8.58. The molecule has 2 atom stereocenters. The maximum Gasteiger partial charge on any atom is 0.191 e. The number of morpholine rings is 1. The molecule has 0 bridgehead atoms. The number of nitrogens with zero attached hydrogens (tertiary/aromatic N) is 2. The van der Waals surface area contributed by atoms with Crippen LogP contribution in [0.15, 0.2) is 4.99 Å². The van der Waals surface area contributed by atoms with Gasteiger partial charge in [0.05, 0.1) is 13.2 Å². The molecule has 2 aliphatic rings. The van der Waals surface area contributed by atoms with Crippen molar-refractivity contribution in [1.82, 2.24) is 15.5 Å². The molecule has 2 fully saturated rings. The third-order valence-electron chi connectivity index (χ3n) is 4.51. The Labute approximate surface area is 162 Å². The summed E-state index contributed by atoms with van der Waals surface area (Å²) < 4.78 is 5.47. The minimum absolute atomic E-state index is 0. The molecule has 0 spiro atoms. The molecule has 0 aromatic carbocycles. The average molecular weight is 456 g/mol. The maximum absolute atomic E-state index is 5.47. The van der Waals surface area contributed by atoms with E-state index in [9.17, 15) is 0 Å². The van der Waals surface area contributed by atoms with E-state index in [1.165, 1.54) is 18.6 Å². The molecule has 7 heteroatoms. The molecule has 23 heavy (non-hydrogen) atoms. The van der Waals surface area contributed by atoms with E-state index in [1.807, 2.05) is 7.05 Å². The van der Waals surface area contributed by atoms with Gasteiger partial charge in [-0.3, -0.25) is 9.89 Å². The van der Waals surface area contributed by atoms with Crippen LogP contribution in [-0.2, 0) is 4.74 Å². The van der Waals surface area contributed by atoms with Crippen LogP contribution >= 0.6 is 35.7 Å². The first-order chi connectivity index (χ1) is 10.7. The Kier molecular flexibility index (Phi) is 10.9. The normalized spacial score (nSPS) is 24.3. The SMILES string of the molecule is CN=C(NCC1CCCS1)NCC(C(C)C)N1CCOCC1.I. The fourth-order valence-electron chi connectivity index (χ4n) is 3.13. The molecule has 0 saturated carbocycles. The number of halogens is 1. The highest BCUT2D eigenvalue weighted by atomic mass is 127. The number of ether oxygens (including phenoxy) is 1. The summed E-state index contributed by atoms with van der Waals surface area (Å²) in [7, 11) is 1.86. The van der Waals surface area contributed by atoms with Crippen molar-refractivity contribution in [3.8, 4) is 0 Å². The third kappa shape index (κ3) is 7.36. The van der Waals surface area contributed by atoms with E-state index < -0.39 is 0 Å². The molecule has 2 heterocycles. The summed E-state index contributed by atoms with van der Waals surface area (Å²) in [6, 6.07) is 0.531. The lowest BCUT2D eigenvalue weighted by molar-refractivity contribution is 0.00752. The molecule has 2 unspecified atom stereocenters. The molecule has 0 aromatic heterocycles. The van der Waals surface area contributed by atoms with Gasteiger partial charge in [0.1, 0.15) is 0 Å². The lowest BCUT2D eigenvalue weighted by atomic mass is 10.0. The van der Waals surface area contributed by atoms with Gasteiger partial charge in [-0.25, -0.2) is 0 Å². The Morgan fingerprint density at radius 1 is 1.30 bits per heavy atom. The minimum atomic E-state index is 0. The van der Waals surface area contributed by atoms with Crippen molar-refractivity contribution in [2.45, 2.75) is 38.0 Å². The lowest BCUT2D eigenvalue weighted by Crippen LogP contribution is -2.53. The van der Waals surface area contributed by atoms with Gasteiger partial charge >= 0.3 is 0 Å². The van der Waals surface area contributed by atoms with E-state index in [2.05, 4.69) is 46.1 Å². The van der Waals surface area contributed by atoms with Crippen LogP contribution in [0.5, 0.6) is 0 Å². The van der Waals surface area contributed by atoms with Crippen molar-refractivity contribution < 1.29 is 4.74 Å². The Balaban J connectivity index is 0.00000264. The van der Waals surface area contributed by atoms with Crippen molar-refractivity contribution in [2.75, 3.05) is 52.2 Å². The van der Waals surface area contributed by atoms with Crippen molar-refractivity contribution >= 4 is 41.7 Å². The zero-order valence-electron chi connectivity index (χ0n) is 14.7. The molecule has 2 aliphatic heterocycles. The van der Waals surface area contributed by atoms with Gasteiger partial charge < -0.3 is 15.4 Å². The number of guanidine groups is 1. The first-order valence-corrected chi connectivity index (χ1v) is 9.63. The predicted molar refractivity (Wildman–Crippen MR) is 111 cm³/mol. The van der Waals surface area contributed by atoms with Crippen molar-refractivity contribution in [3.05, 3.63) is 0 Å². The van der Waals surface area contributed by atoms with E-state index in [1.54, 1.807) is 0 Å². The topological polar surface area (TPSA) is 48.9 Å². The van der Waals surface area contributed by atoms with Crippen LogP contribution in [-0.4, -0.2) is 74.3 Å². The van der Waals surface area contributed by atoms with Gasteiger partial charge in [-0.1, -0.05) is 13.8 Å². The van der Waals surface area contributed by atoms with Gasteiger partial charge in [0.2, 0.25) is 0 Å². The number of aliphatic imine (C=N–C) groups is 1. The lowest BCUT2D eigenvalue weighted by Gasteiger charge is -2.37. The Bertz CT molecular complexity index is 345. The van der Waals surface area contributed by atoms with Crippen LogP contribution in [0.2, 0.25) is 0 Å². The third-order valence-corrected chi connectivity index (χ3v) is 5.91. The smallest absolute Gasteiger partial charge is 0.191 e. The van der Waals surface area contributed by atoms with Gasteiger partial charge in [-0.05, 0) is 24.5 Å². The molecule has 2 rings (SSSR count). The van der Waals surface area contributed by atoms with Crippen LogP contribution < -0.4 is 10.6 Å². The quantitative estimate of drug-likeness (QED) is 0.364.